The van der Waals surface area contributed by atoms with Gasteiger partial charge in [0.25, 0.3) is 5.91 Å². The summed E-state index contributed by atoms with van der Waals surface area (Å²) >= 11 is 5.94. The Morgan fingerprint density at radius 1 is 1.24 bits per heavy atom. The first-order chi connectivity index (χ1) is 10.1. The zero-order valence-electron chi connectivity index (χ0n) is 11.7. The van der Waals surface area contributed by atoms with Crippen LogP contribution in [-0.2, 0) is 7.05 Å². The van der Waals surface area contributed by atoms with Crippen LogP contribution in [0.2, 0.25) is 5.02 Å². The first-order valence-corrected chi connectivity index (χ1v) is 7.15. The van der Waals surface area contributed by atoms with Crippen LogP contribution in [0.25, 0.3) is 0 Å². The summed E-state index contributed by atoms with van der Waals surface area (Å²) in [5.41, 5.74) is 0.618. The predicted molar refractivity (Wildman–Crippen MR) is 80.6 cm³/mol. The minimum absolute atomic E-state index is 0.0168. The summed E-state index contributed by atoms with van der Waals surface area (Å²) in [7, 11) is 1.83. The molecular weight excluding hydrogens is 290 g/mol. The second kappa shape index (κ2) is 5.73. The van der Waals surface area contributed by atoms with Crippen LogP contribution >= 0.6 is 11.6 Å². The van der Waals surface area contributed by atoms with Gasteiger partial charge in [-0.25, -0.2) is 4.98 Å². The molecule has 0 N–H and O–H groups in total. The van der Waals surface area contributed by atoms with E-state index in [0.29, 0.717) is 23.8 Å². The number of aromatic nitrogens is 3. The fourth-order valence-corrected chi connectivity index (χ4v) is 2.74. The molecule has 1 aliphatic heterocycles. The number of amides is 1. The number of anilines is 1. The number of carbonyl (C=O) groups is 1. The van der Waals surface area contributed by atoms with Crippen molar-refractivity contribution in [1.82, 2.24) is 19.4 Å². The molecule has 3 rings (SSSR count). The van der Waals surface area contributed by atoms with Crippen LogP contribution in [0.15, 0.2) is 30.9 Å². The van der Waals surface area contributed by atoms with Gasteiger partial charge in [0.2, 0.25) is 0 Å². The van der Waals surface area contributed by atoms with Crippen LogP contribution in [0.4, 0.5) is 5.82 Å². The number of carbonyl (C=O) groups excluding carboxylic acids is 1. The molecule has 0 bridgehead atoms. The van der Waals surface area contributed by atoms with E-state index in [1.807, 2.05) is 11.9 Å². The minimum atomic E-state index is 0.0168. The minimum Gasteiger partial charge on any atom is -0.352 e. The monoisotopic (exact) mass is 305 g/mol. The van der Waals surface area contributed by atoms with Gasteiger partial charge in [-0.05, 0) is 6.07 Å². The first-order valence-electron chi connectivity index (χ1n) is 6.77. The summed E-state index contributed by atoms with van der Waals surface area (Å²) in [5.74, 6) is 0.870. The Bertz CT molecular complexity index is 634. The van der Waals surface area contributed by atoms with Crippen molar-refractivity contribution < 1.29 is 4.79 Å². The molecule has 110 valence electrons. The zero-order valence-corrected chi connectivity index (χ0v) is 12.5. The molecule has 2 aromatic heterocycles. The molecule has 2 aromatic rings. The molecule has 0 aliphatic carbocycles. The van der Waals surface area contributed by atoms with E-state index in [2.05, 4.69) is 14.9 Å². The molecule has 1 fully saturated rings. The molecule has 6 nitrogen and oxygen atoms in total. The highest BCUT2D eigenvalue weighted by Gasteiger charge is 2.24. The number of halogens is 1. The summed E-state index contributed by atoms with van der Waals surface area (Å²) in [6.07, 6.45) is 6.82. The lowest BCUT2D eigenvalue weighted by molar-refractivity contribution is 0.0737. The lowest BCUT2D eigenvalue weighted by atomic mass is 10.2. The number of nitrogens with zero attached hydrogens (tertiary/aromatic N) is 5. The third-order valence-electron chi connectivity index (χ3n) is 3.63. The van der Waals surface area contributed by atoms with Crippen LogP contribution in [0.5, 0.6) is 0 Å². The SMILES string of the molecule is Cn1cc(Cl)cc1C(=O)N1CCN(c2cnccn2)CC1. The lowest BCUT2D eigenvalue weighted by Crippen LogP contribution is -2.49. The number of rotatable bonds is 2. The van der Waals surface area contributed by atoms with Crippen molar-refractivity contribution in [3.63, 3.8) is 0 Å². The number of piperazine rings is 1. The molecule has 3 heterocycles. The molecule has 0 saturated carbocycles. The van der Waals surface area contributed by atoms with Crippen LogP contribution in [-0.4, -0.2) is 51.5 Å². The summed E-state index contributed by atoms with van der Waals surface area (Å²) in [5, 5.41) is 0.582. The molecule has 0 spiro atoms. The van der Waals surface area contributed by atoms with Crippen molar-refractivity contribution >= 4 is 23.3 Å². The maximum Gasteiger partial charge on any atom is 0.270 e. The topological polar surface area (TPSA) is 54.3 Å². The maximum absolute atomic E-state index is 12.5. The van der Waals surface area contributed by atoms with Gasteiger partial charge in [-0.1, -0.05) is 11.6 Å². The molecule has 0 radical (unpaired) electrons. The highest BCUT2D eigenvalue weighted by Crippen LogP contribution is 2.17. The van der Waals surface area contributed by atoms with E-state index >= 15 is 0 Å². The van der Waals surface area contributed by atoms with E-state index in [-0.39, 0.29) is 5.91 Å². The van der Waals surface area contributed by atoms with E-state index in [0.717, 1.165) is 18.9 Å². The van der Waals surface area contributed by atoms with Crippen LogP contribution in [0.3, 0.4) is 0 Å². The van der Waals surface area contributed by atoms with Crippen molar-refractivity contribution in [2.75, 3.05) is 31.1 Å². The van der Waals surface area contributed by atoms with Gasteiger partial charge in [-0.15, -0.1) is 0 Å². The number of hydrogen-bond acceptors (Lipinski definition) is 4. The van der Waals surface area contributed by atoms with E-state index in [9.17, 15) is 4.79 Å². The van der Waals surface area contributed by atoms with Gasteiger partial charge in [0.05, 0.1) is 11.2 Å². The molecule has 1 aliphatic rings. The molecule has 0 atom stereocenters. The van der Waals surface area contributed by atoms with E-state index in [1.165, 1.54) is 0 Å². The van der Waals surface area contributed by atoms with Gasteiger partial charge < -0.3 is 14.4 Å². The average molecular weight is 306 g/mol. The second-order valence-electron chi connectivity index (χ2n) is 5.00. The largest absolute Gasteiger partial charge is 0.352 e. The first kappa shape index (κ1) is 13.9. The van der Waals surface area contributed by atoms with Gasteiger partial charge in [-0.3, -0.25) is 9.78 Å². The van der Waals surface area contributed by atoms with Crippen molar-refractivity contribution in [2.24, 2.45) is 7.05 Å². The van der Waals surface area contributed by atoms with E-state index in [1.54, 1.807) is 35.4 Å². The van der Waals surface area contributed by atoms with E-state index < -0.39 is 0 Å². The third kappa shape index (κ3) is 2.85. The molecule has 1 saturated heterocycles. The Morgan fingerprint density at radius 2 is 2.00 bits per heavy atom. The standard InChI is InChI=1S/C14H16ClN5O/c1-18-10-11(15)8-12(18)14(21)20-6-4-19(5-7-20)13-9-16-2-3-17-13/h2-3,8-10H,4-7H2,1H3. The molecule has 7 heteroatoms. The van der Waals surface area contributed by atoms with Crippen molar-refractivity contribution in [2.45, 2.75) is 0 Å². The summed E-state index contributed by atoms with van der Waals surface area (Å²) in [4.78, 5) is 24.8. The van der Waals surface area contributed by atoms with Gasteiger partial charge in [0.15, 0.2) is 0 Å². The predicted octanol–water partition coefficient (Wildman–Crippen LogP) is 1.43. The lowest BCUT2D eigenvalue weighted by Gasteiger charge is -2.35. The highest BCUT2D eigenvalue weighted by atomic mass is 35.5. The third-order valence-corrected chi connectivity index (χ3v) is 3.84. The van der Waals surface area contributed by atoms with Crippen LogP contribution in [0.1, 0.15) is 10.5 Å². The summed E-state index contributed by atoms with van der Waals surface area (Å²) < 4.78 is 1.76. The Hall–Kier alpha value is -2.08. The van der Waals surface area contributed by atoms with Crippen LogP contribution in [0, 0.1) is 0 Å². The highest BCUT2D eigenvalue weighted by molar-refractivity contribution is 6.31. The fourth-order valence-electron chi connectivity index (χ4n) is 2.49. The maximum atomic E-state index is 12.5. The Kier molecular flexibility index (Phi) is 3.79. The molecular formula is C14H16ClN5O. The van der Waals surface area contributed by atoms with E-state index in [4.69, 9.17) is 11.6 Å². The van der Waals surface area contributed by atoms with Gasteiger partial charge in [0.1, 0.15) is 11.5 Å². The number of aryl methyl sites for hydroxylation is 1. The summed E-state index contributed by atoms with van der Waals surface area (Å²) in [6.45, 7) is 2.83. The Morgan fingerprint density at radius 3 is 2.57 bits per heavy atom. The van der Waals surface area contributed by atoms with Gasteiger partial charge in [-0.2, -0.15) is 0 Å². The average Bonchev–Trinajstić information content (AvgIpc) is 2.86. The van der Waals surface area contributed by atoms with Gasteiger partial charge in [0, 0.05) is 51.8 Å². The fraction of sp³-hybridized carbons (Fsp3) is 0.357. The van der Waals surface area contributed by atoms with Crippen molar-refractivity contribution in [3.8, 4) is 0 Å². The molecule has 0 unspecified atom stereocenters. The zero-order chi connectivity index (χ0) is 14.8. The number of hydrogen-bond donors (Lipinski definition) is 0. The van der Waals surface area contributed by atoms with Crippen molar-refractivity contribution in [3.05, 3.63) is 41.6 Å². The normalized spacial score (nSPS) is 15.3. The molecule has 21 heavy (non-hydrogen) atoms. The smallest absolute Gasteiger partial charge is 0.270 e. The quantitative estimate of drug-likeness (QED) is 0.842. The summed E-state index contributed by atoms with van der Waals surface area (Å²) in [6, 6.07) is 1.71. The van der Waals surface area contributed by atoms with Crippen LogP contribution < -0.4 is 4.90 Å². The molecule has 0 aromatic carbocycles. The Balaban J connectivity index is 1.66. The second-order valence-corrected chi connectivity index (χ2v) is 5.43. The van der Waals surface area contributed by atoms with Gasteiger partial charge >= 0.3 is 0 Å². The molecule has 1 amide bonds. The Labute approximate surface area is 128 Å². The van der Waals surface area contributed by atoms with Crippen molar-refractivity contribution in [1.29, 1.82) is 0 Å².